The summed E-state index contributed by atoms with van der Waals surface area (Å²) >= 11 is 0. The fourth-order valence-electron chi connectivity index (χ4n) is 4.85. The first-order chi connectivity index (χ1) is 17.9. The largest absolute Gasteiger partial charge is 0.508 e. The Bertz CT molecular complexity index is 1350. The van der Waals surface area contributed by atoms with Gasteiger partial charge in [-0.3, -0.25) is 4.79 Å². The summed E-state index contributed by atoms with van der Waals surface area (Å²) in [7, 11) is 0. The standard InChI is InChI=1S/C30H29F2N3O2/c1-19-16-21(3-2-20-12-14-35(15-13-20)25-9-10-25)17-27(33-19)30(37)34-29(22-4-6-23(31)7-5-22)26-18-24(32)8-11-28(26)36/h4-8,11,16-18,20,25,29,36H,9-10,12-15H2,1H3,(H,34,37). The molecule has 0 radical (unpaired) electrons. The molecule has 2 N–H and O–H groups in total. The molecule has 1 amide bonds. The zero-order valence-corrected chi connectivity index (χ0v) is 20.7. The number of aromatic nitrogens is 1. The van der Waals surface area contributed by atoms with Gasteiger partial charge in [-0.2, -0.15) is 0 Å². The van der Waals surface area contributed by atoms with E-state index in [2.05, 4.69) is 27.0 Å². The van der Waals surface area contributed by atoms with Crippen LogP contribution in [0.1, 0.15) is 64.6 Å². The summed E-state index contributed by atoms with van der Waals surface area (Å²) in [6.45, 7) is 3.97. The third kappa shape index (κ3) is 6.15. The molecule has 2 heterocycles. The van der Waals surface area contributed by atoms with Gasteiger partial charge in [-0.25, -0.2) is 13.8 Å². The number of likely N-dealkylation sites (tertiary alicyclic amines) is 1. The number of pyridine rings is 1. The number of rotatable bonds is 5. The van der Waals surface area contributed by atoms with Crippen molar-refractivity contribution in [1.82, 2.24) is 15.2 Å². The van der Waals surface area contributed by atoms with Crippen LogP contribution in [0.3, 0.4) is 0 Å². The van der Waals surface area contributed by atoms with E-state index < -0.39 is 23.6 Å². The Labute approximate surface area is 215 Å². The van der Waals surface area contributed by atoms with Gasteiger partial charge >= 0.3 is 0 Å². The molecule has 1 aromatic heterocycles. The first-order valence-electron chi connectivity index (χ1n) is 12.6. The van der Waals surface area contributed by atoms with Crippen molar-refractivity contribution >= 4 is 5.91 Å². The van der Waals surface area contributed by atoms with Crippen LogP contribution in [-0.2, 0) is 0 Å². The molecule has 7 heteroatoms. The molecule has 1 aliphatic heterocycles. The minimum Gasteiger partial charge on any atom is -0.508 e. The average Bonchev–Trinajstić information content (AvgIpc) is 3.74. The molecule has 0 bridgehead atoms. The second kappa shape index (κ2) is 10.7. The van der Waals surface area contributed by atoms with E-state index in [1.54, 1.807) is 13.0 Å². The molecule has 1 atom stereocenters. The van der Waals surface area contributed by atoms with Crippen LogP contribution in [0.25, 0.3) is 0 Å². The van der Waals surface area contributed by atoms with Crippen LogP contribution in [-0.4, -0.2) is 40.0 Å². The number of hydrogen-bond donors (Lipinski definition) is 2. The third-order valence-electron chi connectivity index (χ3n) is 6.98. The number of aryl methyl sites for hydroxylation is 1. The van der Waals surface area contributed by atoms with Gasteiger partial charge in [0.2, 0.25) is 0 Å². The number of carbonyl (C=O) groups is 1. The summed E-state index contributed by atoms with van der Waals surface area (Å²) in [4.78, 5) is 20.2. The zero-order valence-electron chi connectivity index (χ0n) is 20.7. The molecular formula is C30H29F2N3O2. The van der Waals surface area contributed by atoms with Gasteiger partial charge in [0.15, 0.2) is 0 Å². The van der Waals surface area contributed by atoms with E-state index in [-0.39, 0.29) is 17.0 Å². The summed E-state index contributed by atoms with van der Waals surface area (Å²) in [6, 6.07) is 12.3. The predicted molar refractivity (Wildman–Crippen MR) is 137 cm³/mol. The van der Waals surface area contributed by atoms with Gasteiger partial charge in [0.25, 0.3) is 5.91 Å². The predicted octanol–water partition coefficient (Wildman–Crippen LogP) is 5.12. The number of piperidine rings is 1. The molecule has 2 aromatic carbocycles. The van der Waals surface area contributed by atoms with Crippen LogP contribution in [0.15, 0.2) is 54.6 Å². The molecule has 5 nitrogen and oxygen atoms in total. The number of phenolic OH excluding ortho intramolecular Hbond substituents is 1. The summed E-state index contributed by atoms with van der Waals surface area (Å²) in [5.74, 6) is 5.23. The van der Waals surface area contributed by atoms with Crippen LogP contribution in [0.2, 0.25) is 0 Å². The highest BCUT2D eigenvalue weighted by atomic mass is 19.1. The van der Waals surface area contributed by atoms with E-state index in [0.717, 1.165) is 44.1 Å². The molecule has 2 aliphatic rings. The SMILES string of the molecule is Cc1cc(C#CC2CCN(C3CC3)CC2)cc(C(=O)NC(c2ccc(F)cc2)c2cc(F)ccc2O)n1. The van der Waals surface area contributed by atoms with Gasteiger partial charge in [-0.1, -0.05) is 24.0 Å². The van der Waals surface area contributed by atoms with Crippen LogP contribution in [0, 0.1) is 36.3 Å². The van der Waals surface area contributed by atoms with Crippen molar-refractivity contribution in [3.8, 4) is 17.6 Å². The van der Waals surface area contributed by atoms with Gasteiger partial charge in [0.1, 0.15) is 23.1 Å². The summed E-state index contributed by atoms with van der Waals surface area (Å²) in [6.07, 6.45) is 4.74. The van der Waals surface area contributed by atoms with Crippen LogP contribution in [0.5, 0.6) is 5.75 Å². The minimum atomic E-state index is -0.919. The lowest BCUT2D eigenvalue weighted by Crippen LogP contribution is -2.34. The summed E-state index contributed by atoms with van der Waals surface area (Å²) < 4.78 is 27.6. The van der Waals surface area contributed by atoms with Gasteiger partial charge in [-0.15, -0.1) is 0 Å². The van der Waals surface area contributed by atoms with Crippen molar-refractivity contribution in [2.45, 2.75) is 44.7 Å². The molecular weight excluding hydrogens is 472 g/mol. The number of aromatic hydroxyl groups is 1. The van der Waals surface area contributed by atoms with E-state index in [1.165, 1.54) is 43.2 Å². The maximum Gasteiger partial charge on any atom is 0.270 e. The number of phenols is 1. The number of carbonyl (C=O) groups excluding carboxylic acids is 1. The summed E-state index contributed by atoms with van der Waals surface area (Å²) in [5, 5.41) is 13.2. The Morgan fingerprint density at radius 2 is 1.73 bits per heavy atom. The average molecular weight is 502 g/mol. The molecule has 1 aliphatic carbocycles. The van der Waals surface area contributed by atoms with E-state index in [0.29, 0.717) is 22.7 Å². The van der Waals surface area contributed by atoms with Crippen LogP contribution >= 0.6 is 0 Å². The lowest BCUT2D eigenvalue weighted by atomic mass is 9.96. The van der Waals surface area contributed by atoms with Gasteiger partial charge in [0, 0.05) is 28.8 Å². The van der Waals surface area contributed by atoms with Crippen molar-refractivity contribution in [3.05, 3.63) is 94.3 Å². The molecule has 3 aromatic rings. The highest BCUT2D eigenvalue weighted by molar-refractivity contribution is 5.93. The number of benzene rings is 2. The quantitative estimate of drug-likeness (QED) is 0.477. The third-order valence-corrected chi connectivity index (χ3v) is 6.98. The second-order valence-electron chi connectivity index (χ2n) is 9.85. The number of halogens is 2. The first-order valence-corrected chi connectivity index (χ1v) is 12.6. The van der Waals surface area contributed by atoms with Gasteiger partial charge in [0.05, 0.1) is 6.04 Å². The van der Waals surface area contributed by atoms with E-state index in [9.17, 15) is 18.7 Å². The fraction of sp³-hybridized carbons (Fsp3) is 0.333. The maximum atomic E-state index is 14.0. The highest BCUT2D eigenvalue weighted by Crippen LogP contribution is 2.32. The van der Waals surface area contributed by atoms with Crippen molar-refractivity contribution in [2.75, 3.05) is 13.1 Å². The van der Waals surface area contributed by atoms with E-state index >= 15 is 0 Å². The Hall–Kier alpha value is -3.76. The molecule has 1 saturated heterocycles. The lowest BCUT2D eigenvalue weighted by Gasteiger charge is -2.29. The van der Waals surface area contributed by atoms with Crippen molar-refractivity contribution in [3.63, 3.8) is 0 Å². The molecule has 0 spiro atoms. The van der Waals surface area contributed by atoms with Gasteiger partial charge in [-0.05, 0) is 93.7 Å². The number of amides is 1. The number of nitrogens with zero attached hydrogens (tertiary/aromatic N) is 2. The number of hydrogen-bond acceptors (Lipinski definition) is 4. The van der Waals surface area contributed by atoms with Crippen molar-refractivity contribution < 1.29 is 18.7 Å². The van der Waals surface area contributed by atoms with Gasteiger partial charge < -0.3 is 15.3 Å². The molecule has 1 saturated carbocycles. The molecule has 37 heavy (non-hydrogen) atoms. The molecule has 1 unspecified atom stereocenters. The Morgan fingerprint density at radius 1 is 1.03 bits per heavy atom. The monoisotopic (exact) mass is 501 g/mol. The lowest BCUT2D eigenvalue weighted by molar-refractivity contribution is 0.0937. The zero-order chi connectivity index (χ0) is 25.9. The van der Waals surface area contributed by atoms with Crippen molar-refractivity contribution in [1.29, 1.82) is 0 Å². The van der Waals surface area contributed by atoms with E-state index in [1.807, 2.05) is 6.07 Å². The first kappa shape index (κ1) is 24.9. The molecule has 190 valence electrons. The number of nitrogens with one attached hydrogen (secondary N) is 1. The highest BCUT2D eigenvalue weighted by Gasteiger charge is 2.31. The van der Waals surface area contributed by atoms with Crippen molar-refractivity contribution in [2.24, 2.45) is 5.92 Å². The Morgan fingerprint density at radius 3 is 2.43 bits per heavy atom. The molecule has 5 rings (SSSR count). The minimum absolute atomic E-state index is 0.158. The smallest absolute Gasteiger partial charge is 0.270 e. The molecule has 2 fully saturated rings. The maximum absolute atomic E-state index is 14.0. The van der Waals surface area contributed by atoms with Crippen LogP contribution in [0.4, 0.5) is 8.78 Å². The topological polar surface area (TPSA) is 65.5 Å². The Kier molecular flexibility index (Phi) is 7.20. The Balaban J connectivity index is 1.36. The second-order valence-corrected chi connectivity index (χ2v) is 9.85. The fourth-order valence-corrected chi connectivity index (χ4v) is 4.85. The summed E-state index contributed by atoms with van der Waals surface area (Å²) in [5.41, 5.74) is 2.16. The van der Waals surface area contributed by atoms with E-state index in [4.69, 9.17) is 0 Å². The normalized spacial score (nSPS) is 17.1. The van der Waals surface area contributed by atoms with Crippen LogP contribution < -0.4 is 5.32 Å².